The molecule has 1 heteroatoms. The van der Waals surface area contributed by atoms with Gasteiger partial charge in [0, 0.05) is 16.5 Å². The van der Waals surface area contributed by atoms with E-state index in [9.17, 15) is 0 Å². The molecule has 1 heterocycles. The first-order chi connectivity index (χ1) is 27.3. The van der Waals surface area contributed by atoms with Crippen molar-refractivity contribution in [2.75, 3.05) is 0 Å². The van der Waals surface area contributed by atoms with Crippen LogP contribution in [0.3, 0.4) is 0 Å². The van der Waals surface area contributed by atoms with E-state index in [4.69, 9.17) is 0 Å². The Hall–Kier alpha value is -6.96. The van der Waals surface area contributed by atoms with Crippen LogP contribution in [0, 0.1) is 0 Å². The second kappa shape index (κ2) is 13.5. The molecule has 55 heavy (non-hydrogen) atoms. The standard InChI is InChI=1S/C52H33N.C2H6/c1-2-14-37-32-39(25-24-34(37)12-1)52-46-20-7-5-18-44(46)51(45-19-6-8-21-47(45)52)36-26-29-40(30-27-36)53-49-23-10-9-17-43(49)48-33-38(28-31-50(48)53)42-22-11-15-35-13-3-4-16-41(35)42;1-2/h1-33H;1-2H3. The number of fused-ring (bicyclic) bond motifs is 7. The third-order valence-electron chi connectivity index (χ3n) is 11.2. The van der Waals surface area contributed by atoms with Gasteiger partial charge in [0.1, 0.15) is 0 Å². The highest BCUT2D eigenvalue weighted by Crippen LogP contribution is 2.45. The lowest BCUT2D eigenvalue weighted by Crippen LogP contribution is -1.95. The van der Waals surface area contributed by atoms with E-state index in [1.807, 2.05) is 13.8 Å². The van der Waals surface area contributed by atoms with E-state index in [2.05, 4.69) is 205 Å². The lowest BCUT2D eigenvalue weighted by molar-refractivity contribution is 1.18. The van der Waals surface area contributed by atoms with E-state index in [0.717, 1.165) is 5.69 Å². The fraction of sp³-hybridized carbons (Fsp3) is 0.0370. The Morgan fingerprint density at radius 1 is 0.291 bits per heavy atom. The average Bonchev–Trinajstić information content (AvgIpc) is 3.59. The predicted molar refractivity (Wildman–Crippen MR) is 238 cm³/mol. The number of rotatable bonds is 4. The third-order valence-corrected chi connectivity index (χ3v) is 11.2. The summed E-state index contributed by atoms with van der Waals surface area (Å²) in [5.41, 5.74) is 11.1. The molecule has 1 nitrogen and oxygen atoms in total. The third kappa shape index (κ3) is 5.31. The molecule has 260 valence electrons. The van der Waals surface area contributed by atoms with Crippen LogP contribution in [0.1, 0.15) is 13.8 Å². The summed E-state index contributed by atoms with van der Waals surface area (Å²) in [6.45, 7) is 4.00. The molecule has 0 saturated heterocycles. The number of aromatic nitrogens is 1. The zero-order valence-electron chi connectivity index (χ0n) is 31.0. The summed E-state index contributed by atoms with van der Waals surface area (Å²) in [7, 11) is 0. The molecule has 0 bridgehead atoms. The maximum atomic E-state index is 2.42. The first kappa shape index (κ1) is 32.7. The van der Waals surface area contributed by atoms with E-state index in [1.54, 1.807) is 0 Å². The normalized spacial score (nSPS) is 11.5. The van der Waals surface area contributed by atoms with Gasteiger partial charge >= 0.3 is 0 Å². The van der Waals surface area contributed by atoms with Crippen LogP contribution in [0.2, 0.25) is 0 Å². The minimum Gasteiger partial charge on any atom is -0.309 e. The summed E-state index contributed by atoms with van der Waals surface area (Å²) in [5.74, 6) is 0. The molecule has 0 radical (unpaired) electrons. The molecule has 0 fully saturated rings. The highest BCUT2D eigenvalue weighted by atomic mass is 15.0. The van der Waals surface area contributed by atoms with Crippen molar-refractivity contribution in [3.63, 3.8) is 0 Å². The summed E-state index contributed by atoms with van der Waals surface area (Å²) < 4.78 is 2.42. The van der Waals surface area contributed by atoms with Gasteiger partial charge in [-0.2, -0.15) is 0 Å². The lowest BCUT2D eigenvalue weighted by atomic mass is 9.85. The van der Waals surface area contributed by atoms with Crippen molar-refractivity contribution in [3.05, 3.63) is 200 Å². The molecule has 0 aliphatic heterocycles. The van der Waals surface area contributed by atoms with Gasteiger partial charge in [-0.1, -0.05) is 178 Å². The minimum atomic E-state index is 1.15. The molecule has 1 aromatic heterocycles. The van der Waals surface area contributed by atoms with Crippen LogP contribution in [0.15, 0.2) is 200 Å². The van der Waals surface area contributed by atoms with Crippen molar-refractivity contribution in [1.29, 1.82) is 0 Å². The molecule has 0 aliphatic rings. The molecule has 0 N–H and O–H groups in total. The number of nitrogens with zero attached hydrogens (tertiary/aromatic N) is 1. The topological polar surface area (TPSA) is 4.93 Å². The molecule has 0 amide bonds. The van der Waals surface area contributed by atoms with E-state index < -0.39 is 0 Å². The lowest BCUT2D eigenvalue weighted by Gasteiger charge is -2.18. The second-order valence-corrected chi connectivity index (χ2v) is 14.1. The molecule has 11 rings (SSSR count). The summed E-state index contributed by atoms with van der Waals surface area (Å²) in [5, 5.41) is 12.6. The van der Waals surface area contributed by atoms with Gasteiger partial charge in [-0.05, 0) is 113 Å². The monoisotopic (exact) mass is 701 g/mol. The van der Waals surface area contributed by atoms with E-state index in [-0.39, 0.29) is 0 Å². The van der Waals surface area contributed by atoms with Crippen LogP contribution in [0.25, 0.3) is 104 Å². The minimum absolute atomic E-state index is 1.15. The molecular weight excluding hydrogens is 663 g/mol. The molecule has 0 atom stereocenters. The first-order valence-corrected chi connectivity index (χ1v) is 19.3. The molecule has 0 saturated carbocycles. The van der Waals surface area contributed by atoms with Crippen molar-refractivity contribution < 1.29 is 0 Å². The summed E-state index contributed by atoms with van der Waals surface area (Å²) in [6, 6.07) is 73.5. The molecular formula is C54H39N. The number of para-hydroxylation sites is 1. The van der Waals surface area contributed by atoms with Crippen LogP contribution in [0.5, 0.6) is 0 Å². The van der Waals surface area contributed by atoms with Crippen molar-refractivity contribution in [1.82, 2.24) is 4.57 Å². The van der Waals surface area contributed by atoms with Crippen molar-refractivity contribution >= 4 is 64.9 Å². The van der Waals surface area contributed by atoms with E-state index in [0.29, 0.717) is 0 Å². The molecule has 0 aliphatic carbocycles. The van der Waals surface area contributed by atoms with Gasteiger partial charge in [0.15, 0.2) is 0 Å². The van der Waals surface area contributed by atoms with E-state index in [1.165, 1.54) is 98.3 Å². The van der Waals surface area contributed by atoms with Gasteiger partial charge < -0.3 is 4.57 Å². The largest absolute Gasteiger partial charge is 0.309 e. The zero-order chi connectivity index (χ0) is 36.9. The van der Waals surface area contributed by atoms with Crippen LogP contribution >= 0.6 is 0 Å². The molecule has 0 unspecified atom stereocenters. The van der Waals surface area contributed by atoms with Crippen LogP contribution in [0.4, 0.5) is 0 Å². The van der Waals surface area contributed by atoms with Gasteiger partial charge in [-0.25, -0.2) is 0 Å². The molecule has 10 aromatic carbocycles. The number of hydrogen-bond acceptors (Lipinski definition) is 0. The zero-order valence-corrected chi connectivity index (χ0v) is 31.0. The predicted octanol–water partition coefficient (Wildman–Crippen LogP) is 15.4. The fourth-order valence-electron chi connectivity index (χ4n) is 8.77. The van der Waals surface area contributed by atoms with Gasteiger partial charge in [-0.3, -0.25) is 0 Å². The highest BCUT2D eigenvalue weighted by molar-refractivity contribution is 6.22. The smallest absolute Gasteiger partial charge is 0.0541 e. The van der Waals surface area contributed by atoms with Gasteiger partial charge in [0.25, 0.3) is 0 Å². The number of hydrogen-bond donors (Lipinski definition) is 0. The summed E-state index contributed by atoms with van der Waals surface area (Å²) >= 11 is 0. The molecule has 11 aromatic rings. The average molecular weight is 702 g/mol. The first-order valence-electron chi connectivity index (χ1n) is 19.3. The fourth-order valence-corrected chi connectivity index (χ4v) is 8.77. The second-order valence-electron chi connectivity index (χ2n) is 14.1. The van der Waals surface area contributed by atoms with Crippen LogP contribution < -0.4 is 0 Å². The maximum absolute atomic E-state index is 2.42. The Kier molecular flexibility index (Phi) is 8.00. The van der Waals surface area contributed by atoms with E-state index >= 15 is 0 Å². The Morgan fingerprint density at radius 3 is 1.47 bits per heavy atom. The Morgan fingerprint density at radius 2 is 0.782 bits per heavy atom. The van der Waals surface area contributed by atoms with Crippen molar-refractivity contribution in [3.8, 4) is 39.1 Å². The Balaban J connectivity index is 0.00000183. The van der Waals surface area contributed by atoms with Gasteiger partial charge in [0.2, 0.25) is 0 Å². The van der Waals surface area contributed by atoms with Crippen LogP contribution in [-0.4, -0.2) is 4.57 Å². The van der Waals surface area contributed by atoms with Gasteiger partial charge in [0.05, 0.1) is 11.0 Å². The highest BCUT2D eigenvalue weighted by Gasteiger charge is 2.18. The number of benzene rings is 10. The Labute approximate surface area is 321 Å². The summed E-state index contributed by atoms with van der Waals surface area (Å²) in [4.78, 5) is 0. The quantitative estimate of drug-likeness (QED) is 0.161. The molecule has 0 spiro atoms. The SMILES string of the molecule is CC.c1ccc2cc(-c3c4ccccc4c(-c4ccc(-n5c6ccccc6c6cc(-c7cccc8ccccc78)ccc65)cc4)c4ccccc34)ccc2c1. The summed E-state index contributed by atoms with van der Waals surface area (Å²) in [6.07, 6.45) is 0. The van der Waals surface area contributed by atoms with Gasteiger partial charge in [-0.15, -0.1) is 0 Å². The van der Waals surface area contributed by atoms with Crippen molar-refractivity contribution in [2.24, 2.45) is 0 Å². The maximum Gasteiger partial charge on any atom is 0.0541 e. The van der Waals surface area contributed by atoms with Crippen molar-refractivity contribution in [2.45, 2.75) is 13.8 Å². The van der Waals surface area contributed by atoms with Crippen LogP contribution in [-0.2, 0) is 0 Å². The Bertz CT molecular complexity index is 3150.